The second-order valence-corrected chi connectivity index (χ2v) is 16.0. The summed E-state index contributed by atoms with van der Waals surface area (Å²) in [5, 5.41) is 22.6. The van der Waals surface area contributed by atoms with Crippen molar-refractivity contribution in [1.29, 1.82) is 0 Å². The summed E-state index contributed by atoms with van der Waals surface area (Å²) < 4.78 is 1.98. The fourth-order valence-corrected chi connectivity index (χ4v) is 8.50. The first-order chi connectivity index (χ1) is 26.1. The number of piperidine rings is 1. The molecule has 5 amide bonds. The Balaban J connectivity index is 0.743. The van der Waals surface area contributed by atoms with Crippen molar-refractivity contribution in [3.05, 3.63) is 45.0 Å². The predicted octanol–water partition coefficient (Wildman–Crippen LogP) is 1.30. The Labute approximate surface area is 318 Å². The minimum absolute atomic E-state index is 0.0880. The van der Waals surface area contributed by atoms with Crippen LogP contribution in [0.3, 0.4) is 0 Å². The fraction of sp³-hybridized carbons (Fsp3) is 0.568. The van der Waals surface area contributed by atoms with Crippen molar-refractivity contribution in [2.75, 3.05) is 31.5 Å². The smallest absolute Gasteiger partial charge is 0.265 e. The van der Waals surface area contributed by atoms with E-state index in [9.17, 15) is 24.0 Å². The molecule has 2 aliphatic carbocycles. The van der Waals surface area contributed by atoms with E-state index in [2.05, 4.69) is 42.0 Å². The maximum absolute atomic E-state index is 12.9. The number of nitrogens with one attached hydrogen (secondary N) is 6. The number of carbonyl (C=O) groups excluding carboxylic acids is 5. The molecule has 16 nitrogen and oxygen atoms in total. The van der Waals surface area contributed by atoms with Crippen molar-refractivity contribution >= 4 is 46.8 Å². The molecule has 288 valence electrons. The third kappa shape index (κ3) is 9.13. The van der Waals surface area contributed by atoms with Gasteiger partial charge >= 0.3 is 0 Å². The number of fused-ring (bicyclic) bond motifs is 1. The molecule has 0 bridgehead atoms. The maximum atomic E-state index is 12.9. The monoisotopic (exact) mass is 759 g/mol. The van der Waals surface area contributed by atoms with Gasteiger partial charge in [-0.2, -0.15) is 5.10 Å². The summed E-state index contributed by atoms with van der Waals surface area (Å²) in [7, 11) is 2.00. The third-order valence-corrected chi connectivity index (χ3v) is 11.9. The van der Waals surface area contributed by atoms with Gasteiger partial charge in [-0.1, -0.05) is 0 Å². The Hall–Kier alpha value is -4.74. The molecule has 0 radical (unpaired) electrons. The van der Waals surface area contributed by atoms with Crippen LogP contribution in [0.4, 0.5) is 5.95 Å². The number of anilines is 1. The fourth-order valence-electron chi connectivity index (χ4n) is 7.44. The number of amides is 5. The summed E-state index contributed by atoms with van der Waals surface area (Å²) in [5.41, 5.74) is 5.14. The number of aryl methyl sites for hydroxylation is 2. The van der Waals surface area contributed by atoms with E-state index in [4.69, 9.17) is 4.98 Å². The lowest BCUT2D eigenvalue weighted by atomic mass is 9.91. The minimum atomic E-state index is -0.641. The zero-order valence-corrected chi connectivity index (χ0v) is 31.7. The number of hydrogen-bond acceptors (Lipinski definition) is 12. The van der Waals surface area contributed by atoms with E-state index < -0.39 is 11.9 Å². The highest BCUT2D eigenvalue weighted by Gasteiger charge is 2.40. The molecule has 4 aliphatic rings. The molecule has 2 aliphatic heterocycles. The number of carbonyl (C=O) groups is 5. The van der Waals surface area contributed by atoms with Gasteiger partial charge in [-0.05, 0) is 81.4 Å². The van der Waals surface area contributed by atoms with Crippen LogP contribution in [-0.2, 0) is 45.7 Å². The topological polar surface area (TPSA) is 204 Å². The highest BCUT2D eigenvalue weighted by Crippen LogP contribution is 2.36. The van der Waals surface area contributed by atoms with Crippen LogP contribution in [0.2, 0.25) is 0 Å². The van der Waals surface area contributed by atoms with E-state index in [1.165, 1.54) is 34.8 Å². The largest absolute Gasteiger partial charge is 0.354 e. The van der Waals surface area contributed by atoms with Crippen LogP contribution in [0.25, 0.3) is 11.3 Å². The molecule has 3 fully saturated rings. The third-order valence-electron chi connectivity index (χ3n) is 10.7. The van der Waals surface area contributed by atoms with Gasteiger partial charge in [-0.3, -0.25) is 34.0 Å². The van der Waals surface area contributed by atoms with Crippen molar-refractivity contribution in [3.8, 4) is 11.3 Å². The van der Waals surface area contributed by atoms with Gasteiger partial charge in [0.15, 0.2) is 0 Å². The Morgan fingerprint density at radius 2 is 1.74 bits per heavy atom. The first-order valence-electron chi connectivity index (χ1n) is 19.0. The Bertz CT molecular complexity index is 1900. The average Bonchev–Trinajstić information content (AvgIpc) is 3.67. The van der Waals surface area contributed by atoms with Crippen molar-refractivity contribution in [3.63, 3.8) is 0 Å². The highest BCUT2D eigenvalue weighted by molar-refractivity contribution is 7.14. The molecule has 1 atom stereocenters. The standard InChI is InChI=1S/C37H49N11O5S/c1-21-15-42-37(46-33(21)27-17-43-47(2)29(27)13-22-3-4-22)44-25-7-5-24(6-8-25)40-19-32(51)39-12-11-38-18-31(50)41-16-26-14-23-20-48(36(53)34(23)54-26)28-9-10-30(49)45-35(28)52/h14-15,17,22,24-25,28,38,40H,3-13,16,18-20H2,1-2H3,(H,39,51)(H,41,50)(H,42,44,46)(H,45,49,52). The molecular weight excluding hydrogens is 711 g/mol. The molecule has 3 aromatic heterocycles. The zero-order chi connectivity index (χ0) is 37.8. The quantitative estimate of drug-likeness (QED) is 0.0908. The Morgan fingerprint density at radius 1 is 0.963 bits per heavy atom. The number of imide groups is 1. The molecule has 17 heteroatoms. The second-order valence-electron chi connectivity index (χ2n) is 14.8. The van der Waals surface area contributed by atoms with Crippen LogP contribution < -0.4 is 31.9 Å². The molecule has 7 rings (SSSR count). The van der Waals surface area contributed by atoms with E-state index in [1.54, 1.807) is 0 Å². The average molecular weight is 760 g/mol. The maximum Gasteiger partial charge on any atom is 0.265 e. The lowest BCUT2D eigenvalue weighted by Gasteiger charge is -2.29. The van der Waals surface area contributed by atoms with Crippen LogP contribution in [-0.4, -0.2) is 98.5 Å². The Morgan fingerprint density at radius 3 is 2.50 bits per heavy atom. The number of thiophene rings is 1. The minimum Gasteiger partial charge on any atom is -0.354 e. The van der Waals surface area contributed by atoms with Crippen LogP contribution >= 0.6 is 11.3 Å². The normalized spacial score (nSPS) is 21.2. The van der Waals surface area contributed by atoms with E-state index in [1.807, 2.05) is 37.1 Å². The van der Waals surface area contributed by atoms with Gasteiger partial charge in [0.25, 0.3) is 5.91 Å². The molecular formula is C37H49N11O5S. The van der Waals surface area contributed by atoms with E-state index >= 15 is 0 Å². The van der Waals surface area contributed by atoms with Crippen LogP contribution in [0.5, 0.6) is 0 Å². The van der Waals surface area contributed by atoms with Gasteiger partial charge in [0.05, 0.1) is 36.4 Å². The summed E-state index contributed by atoms with van der Waals surface area (Å²) in [6, 6.07) is 1.77. The molecule has 1 unspecified atom stereocenters. The zero-order valence-electron chi connectivity index (χ0n) is 30.8. The summed E-state index contributed by atoms with van der Waals surface area (Å²) in [4.78, 5) is 73.9. The van der Waals surface area contributed by atoms with Crippen molar-refractivity contribution in [2.24, 2.45) is 13.0 Å². The van der Waals surface area contributed by atoms with E-state index in [-0.39, 0.29) is 61.8 Å². The van der Waals surface area contributed by atoms with Gasteiger partial charge in [-0.15, -0.1) is 11.3 Å². The summed E-state index contributed by atoms with van der Waals surface area (Å²) >= 11 is 1.31. The van der Waals surface area contributed by atoms with Gasteiger partial charge in [0, 0.05) is 67.5 Å². The predicted molar refractivity (Wildman–Crippen MR) is 201 cm³/mol. The number of aromatic nitrogens is 4. The second kappa shape index (κ2) is 16.7. The van der Waals surface area contributed by atoms with Gasteiger partial charge < -0.3 is 31.5 Å². The van der Waals surface area contributed by atoms with Gasteiger partial charge in [-0.25, -0.2) is 9.97 Å². The molecule has 5 heterocycles. The molecule has 54 heavy (non-hydrogen) atoms. The molecule has 2 saturated carbocycles. The number of rotatable bonds is 16. The molecule has 3 aromatic rings. The molecule has 0 aromatic carbocycles. The van der Waals surface area contributed by atoms with Gasteiger partial charge in [0.1, 0.15) is 6.04 Å². The van der Waals surface area contributed by atoms with E-state index in [0.29, 0.717) is 36.9 Å². The van der Waals surface area contributed by atoms with Crippen molar-refractivity contribution in [1.82, 2.24) is 51.2 Å². The summed E-state index contributed by atoms with van der Waals surface area (Å²) in [6.07, 6.45) is 11.7. The number of nitrogens with zero attached hydrogens (tertiary/aromatic N) is 5. The van der Waals surface area contributed by atoms with Crippen molar-refractivity contribution in [2.45, 2.75) is 95.9 Å². The number of hydrogen-bond donors (Lipinski definition) is 6. The van der Waals surface area contributed by atoms with Crippen LogP contribution in [0.1, 0.15) is 82.7 Å². The molecule has 1 saturated heterocycles. The lowest BCUT2D eigenvalue weighted by Crippen LogP contribution is -2.52. The SMILES string of the molecule is Cc1cnc(NC2CCC(NCC(=O)NCCNCC(=O)NCc3cc4c(s3)C(=O)N(C3CCC(=O)NC3=O)C4)CC2)nc1-c1cnn(C)c1CC1CC1. The lowest BCUT2D eigenvalue weighted by molar-refractivity contribution is -0.137. The first-order valence-corrected chi connectivity index (χ1v) is 19.8. The summed E-state index contributed by atoms with van der Waals surface area (Å²) in [5.74, 6) is 0.145. The van der Waals surface area contributed by atoms with E-state index in [0.717, 1.165) is 65.3 Å². The van der Waals surface area contributed by atoms with Crippen molar-refractivity contribution < 1.29 is 24.0 Å². The van der Waals surface area contributed by atoms with Gasteiger partial charge in [0.2, 0.25) is 29.6 Å². The van der Waals surface area contributed by atoms with Crippen LogP contribution in [0.15, 0.2) is 18.5 Å². The highest BCUT2D eigenvalue weighted by atomic mass is 32.1. The van der Waals surface area contributed by atoms with Crippen LogP contribution in [0, 0.1) is 12.8 Å². The summed E-state index contributed by atoms with van der Waals surface area (Å²) in [6.45, 7) is 3.82. The first kappa shape index (κ1) is 37.6. The molecule has 6 N–H and O–H groups in total. The Kier molecular flexibility index (Phi) is 11.6. The molecule has 0 spiro atoms.